The van der Waals surface area contributed by atoms with E-state index in [1.54, 1.807) is 0 Å². The normalized spacial score (nSPS) is 15.2. The maximum Gasteiger partial charge on any atom is 0.240 e. The summed E-state index contributed by atoms with van der Waals surface area (Å²) in [5.74, 6) is -3.32. The quantitative estimate of drug-likeness (QED) is 0.538. The first-order chi connectivity index (χ1) is 13.1. The van der Waals surface area contributed by atoms with Gasteiger partial charge in [0.05, 0.1) is 5.92 Å². The van der Waals surface area contributed by atoms with Gasteiger partial charge in [0.25, 0.3) is 0 Å². The number of nitrogens with two attached hydrogens (primary N) is 1. The van der Waals surface area contributed by atoms with Crippen LogP contribution in [0.25, 0.3) is 0 Å². The Morgan fingerprint density at radius 2 is 1.82 bits per heavy atom. The molecule has 5 nitrogen and oxygen atoms in total. The Morgan fingerprint density at radius 3 is 2.39 bits per heavy atom. The number of carbonyl (C=O) groups is 2. The van der Waals surface area contributed by atoms with Crippen LogP contribution < -0.4 is 5.14 Å². The first-order valence-electron chi connectivity index (χ1n) is 8.79. The molecule has 1 fully saturated rings. The number of hydrogen-bond donors (Lipinski definition) is 1. The molecule has 2 aromatic carbocycles. The van der Waals surface area contributed by atoms with Crippen LogP contribution in [0.5, 0.6) is 0 Å². The second-order valence-electron chi connectivity index (χ2n) is 7.05. The Bertz CT molecular complexity index is 1030. The molecular weight excluding hydrogens is 388 g/mol. The van der Waals surface area contributed by atoms with Crippen LogP contribution >= 0.6 is 0 Å². The molecule has 1 aliphatic carbocycles. The summed E-state index contributed by atoms with van der Waals surface area (Å²) < 4.78 is 50.3. The van der Waals surface area contributed by atoms with Crippen molar-refractivity contribution in [3.8, 4) is 0 Å². The van der Waals surface area contributed by atoms with Crippen LogP contribution in [0.4, 0.5) is 8.78 Å². The van der Waals surface area contributed by atoms with Crippen LogP contribution in [0.15, 0.2) is 47.4 Å². The van der Waals surface area contributed by atoms with Crippen LogP contribution in [0, 0.1) is 23.5 Å². The Hall–Kier alpha value is -2.45. The molecule has 2 N–H and O–H groups in total. The minimum atomic E-state index is -4.22. The van der Waals surface area contributed by atoms with Crippen LogP contribution in [0.1, 0.15) is 35.2 Å². The highest BCUT2D eigenvalue weighted by Gasteiger charge is 2.33. The Labute approximate surface area is 161 Å². The fourth-order valence-corrected chi connectivity index (χ4v) is 3.67. The van der Waals surface area contributed by atoms with Crippen molar-refractivity contribution in [1.29, 1.82) is 0 Å². The fraction of sp³-hybridized carbons (Fsp3) is 0.300. The number of halogens is 2. The minimum Gasteiger partial charge on any atom is -0.299 e. The summed E-state index contributed by atoms with van der Waals surface area (Å²) in [4.78, 5) is 24.9. The third-order valence-corrected chi connectivity index (χ3v) is 5.69. The summed E-state index contributed by atoms with van der Waals surface area (Å²) in [6.45, 7) is 0. The predicted molar refractivity (Wildman–Crippen MR) is 98.0 cm³/mol. The fourth-order valence-electron chi connectivity index (χ4n) is 3.08. The van der Waals surface area contributed by atoms with Gasteiger partial charge in [0.1, 0.15) is 22.3 Å². The van der Waals surface area contributed by atoms with Gasteiger partial charge in [-0.1, -0.05) is 18.2 Å². The van der Waals surface area contributed by atoms with E-state index in [0.29, 0.717) is 0 Å². The maximum absolute atomic E-state index is 14.1. The molecule has 3 rings (SSSR count). The van der Waals surface area contributed by atoms with Crippen LogP contribution in [-0.4, -0.2) is 20.0 Å². The number of benzene rings is 2. The molecule has 2 aromatic rings. The number of hydrogen-bond acceptors (Lipinski definition) is 4. The van der Waals surface area contributed by atoms with Gasteiger partial charge in [-0.05, 0) is 55.0 Å². The summed E-state index contributed by atoms with van der Waals surface area (Å²) in [6.07, 6.45) is 1.97. The molecule has 148 valence electrons. The third kappa shape index (κ3) is 4.88. The monoisotopic (exact) mass is 407 g/mol. The first kappa shape index (κ1) is 20.3. The molecule has 0 heterocycles. The highest BCUT2D eigenvalue weighted by atomic mass is 32.2. The summed E-state index contributed by atoms with van der Waals surface area (Å²) in [5.41, 5.74) is 0.347. The van der Waals surface area contributed by atoms with E-state index >= 15 is 0 Å². The van der Waals surface area contributed by atoms with Gasteiger partial charge in [-0.15, -0.1) is 0 Å². The average Bonchev–Trinajstić information content (AvgIpc) is 3.42. The van der Waals surface area contributed by atoms with E-state index in [4.69, 9.17) is 5.14 Å². The van der Waals surface area contributed by atoms with Crippen molar-refractivity contribution in [1.82, 2.24) is 0 Å². The summed E-state index contributed by atoms with van der Waals surface area (Å²) in [7, 11) is -4.22. The average molecular weight is 407 g/mol. The lowest BCUT2D eigenvalue weighted by molar-refractivity contribution is -0.121. The second-order valence-corrected chi connectivity index (χ2v) is 8.58. The van der Waals surface area contributed by atoms with Crippen molar-refractivity contribution in [3.63, 3.8) is 0 Å². The molecule has 0 bridgehead atoms. The van der Waals surface area contributed by atoms with E-state index in [2.05, 4.69) is 0 Å². The molecule has 8 heteroatoms. The van der Waals surface area contributed by atoms with Crippen molar-refractivity contribution in [2.45, 2.75) is 30.6 Å². The largest absolute Gasteiger partial charge is 0.299 e. The zero-order valence-corrected chi connectivity index (χ0v) is 15.7. The van der Waals surface area contributed by atoms with Gasteiger partial charge < -0.3 is 0 Å². The molecule has 0 saturated heterocycles. The smallest absolute Gasteiger partial charge is 0.240 e. The minimum absolute atomic E-state index is 0.0655. The Morgan fingerprint density at radius 1 is 1.11 bits per heavy atom. The van der Waals surface area contributed by atoms with Gasteiger partial charge in [-0.2, -0.15) is 0 Å². The second kappa shape index (κ2) is 7.89. The number of sulfonamides is 1. The van der Waals surface area contributed by atoms with Gasteiger partial charge in [0.15, 0.2) is 5.78 Å². The van der Waals surface area contributed by atoms with Crippen molar-refractivity contribution in [2.75, 3.05) is 0 Å². The van der Waals surface area contributed by atoms with Gasteiger partial charge in [0, 0.05) is 12.0 Å². The van der Waals surface area contributed by atoms with E-state index in [0.717, 1.165) is 31.0 Å². The molecule has 1 unspecified atom stereocenters. The zero-order chi connectivity index (χ0) is 20.5. The molecule has 0 amide bonds. The van der Waals surface area contributed by atoms with Crippen LogP contribution in [0.3, 0.4) is 0 Å². The molecule has 1 saturated carbocycles. The molecule has 0 radical (unpaired) electrons. The molecule has 1 atom stereocenters. The first-order valence-corrected chi connectivity index (χ1v) is 10.3. The predicted octanol–water partition coefficient (Wildman–Crippen LogP) is 3.02. The Kier molecular flexibility index (Phi) is 5.71. The molecule has 0 aromatic heterocycles. The maximum atomic E-state index is 14.1. The molecule has 1 aliphatic rings. The van der Waals surface area contributed by atoms with Crippen molar-refractivity contribution < 1.29 is 26.8 Å². The highest BCUT2D eigenvalue weighted by molar-refractivity contribution is 7.89. The lowest BCUT2D eigenvalue weighted by Crippen LogP contribution is -2.27. The SMILES string of the molecule is NS(=O)(=O)c1ccc(CC(C(=O)CC2CC2)C(=O)c2cccc(F)c2)cc1F. The number of primary sulfonamides is 1. The van der Waals surface area contributed by atoms with E-state index in [1.165, 1.54) is 24.3 Å². The van der Waals surface area contributed by atoms with Gasteiger partial charge in [0.2, 0.25) is 10.0 Å². The molecule has 0 aliphatic heterocycles. The van der Waals surface area contributed by atoms with Gasteiger partial charge >= 0.3 is 0 Å². The number of ketones is 2. The van der Waals surface area contributed by atoms with Gasteiger partial charge in [-0.3, -0.25) is 9.59 Å². The van der Waals surface area contributed by atoms with Crippen LogP contribution in [0.2, 0.25) is 0 Å². The van der Waals surface area contributed by atoms with Crippen molar-refractivity contribution in [3.05, 3.63) is 65.2 Å². The third-order valence-electron chi connectivity index (χ3n) is 4.74. The van der Waals surface area contributed by atoms with E-state index in [1.807, 2.05) is 0 Å². The standard InChI is InChI=1S/C20H19F2NO4S/c21-15-3-1-2-14(11-15)20(25)16(18(24)10-12-4-5-12)8-13-6-7-19(17(22)9-13)28(23,26)27/h1-3,6-7,9,11-12,16H,4-5,8,10H2,(H2,23,26,27). The highest BCUT2D eigenvalue weighted by Crippen LogP contribution is 2.34. The molecular formula is C20H19F2NO4S. The zero-order valence-electron chi connectivity index (χ0n) is 14.9. The number of rotatable bonds is 8. The lowest BCUT2D eigenvalue weighted by Gasteiger charge is -2.16. The van der Waals surface area contributed by atoms with Crippen LogP contribution in [-0.2, 0) is 21.2 Å². The summed E-state index contributed by atoms with van der Waals surface area (Å²) in [5, 5.41) is 4.95. The number of carbonyl (C=O) groups excluding carboxylic acids is 2. The summed E-state index contributed by atoms with van der Waals surface area (Å²) >= 11 is 0. The molecule has 0 spiro atoms. The molecule has 28 heavy (non-hydrogen) atoms. The van der Waals surface area contributed by atoms with Crippen molar-refractivity contribution in [2.24, 2.45) is 17.0 Å². The Balaban J connectivity index is 1.90. The topological polar surface area (TPSA) is 94.3 Å². The number of Topliss-reactive ketones (excluding diaryl/α,β-unsaturated/α-hetero) is 2. The van der Waals surface area contributed by atoms with E-state index in [-0.39, 0.29) is 35.7 Å². The van der Waals surface area contributed by atoms with E-state index < -0.39 is 38.3 Å². The van der Waals surface area contributed by atoms with Crippen molar-refractivity contribution >= 4 is 21.6 Å². The van der Waals surface area contributed by atoms with E-state index in [9.17, 15) is 26.8 Å². The lowest BCUT2D eigenvalue weighted by atomic mass is 9.86. The summed E-state index contributed by atoms with van der Waals surface area (Å²) in [6, 6.07) is 8.34. The van der Waals surface area contributed by atoms with Gasteiger partial charge in [-0.25, -0.2) is 22.3 Å².